The molecule has 12 heavy (non-hydrogen) atoms. The third-order valence-electron chi connectivity index (χ3n) is 2.90. The van der Waals surface area contributed by atoms with Crippen molar-refractivity contribution in [3.8, 4) is 0 Å². The average molecular weight is 173 g/mol. The van der Waals surface area contributed by atoms with Gasteiger partial charge in [-0.05, 0) is 25.8 Å². The molecule has 1 fully saturated rings. The third kappa shape index (κ3) is 1.79. The molecular weight excluding hydrogens is 154 g/mol. The fourth-order valence-corrected chi connectivity index (χ4v) is 2.07. The standard InChI is InChI=1S/C9H19NO2/c1-12-9(5-2-3-6-9)8(11)4-7-10/h8,11H,2-7,10H2,1H3. The van der Waals surface area contributed by atoms with Crippen LogP contribution in [0.1, 0.15) is 32.1 Å². The number of rotatable bonds is 4. The minimum atomic E-state index is -0.380. The molecule has 0 radical (unpaired) electrons. The Balaban J connectivity index is 2.52. The number of hydrogen-bond acceptors (Lipinski definition) is 3. The van der Waals surface area contributed by atoms with Gasteiger partial charge in [-0.25, -0.2) is 0 Å². The summed E-state index contributed by atoms with van der Waals surface area (Å²) in [4.78, 5) is 0. The maximum absolute atomic E-state index is 9.79. The van der Waals surface area contributed by atoms with Gasteiger partial charge in [0.1, 0.15) is 0 Å². The summed E-state index contributed by atoms with van der Waals surface area (Å²) >= 11 is 0. The molecule has 0 heterocycles. The van der Waals surface area contributed by atoms with E-state index in [1.165, 1.54) is 0 Å². The molecule has 3 heteroatoms. The Hall–Kier alpha value is -0.120. The summed E-state index contributed by atoms with van der Waals surface area (Å²) in [6, 6.07) is 0. The van der Waals surface area contributed by atoms with Crippen molar-refractivity contribution < 1.29 is 9.84 Å². The van der Waals surface area contributed by atoms with Crippen LogP contribution in [0.4, 0.5) is 0 Å². The molecule has 0 amide bonds. The number of nitrogens with two attached hydrogens (primary N) is 1. The normalized spacial score (nSPS) is 24.2. The molecule has 0 spiro atoms. The zero-order valence-electron chi connectivity index (χ0n) is 7.75. The van der Waals surface area contributed by atoms with E-state index in [4.69, 9.17) is 10.5 Å². The molecule has 0 aliphatic heterocycles. The van der Waals surface area contributed by atoms with E-state index in [-0.39, 0.29) is 11.7 Å². The summed E-state index contributed by atoms with van der Waals surface area (Å²) in [5.74, 6) is 0. The highest BCUT2D eigenvalue weighted by molar-refractivity contribution is 4.92. The van der Waals surface area contributed by atoms with Crippen LogP contribution in [0.5, 0.6) is 0 Å². The van der Waals surface area contributed by atoms with Gasteiger partial charge in [-0.1, -0.05) is 12.8 Å². The second-order valence-electron chi connectivity index (χ2n) is 3.57. The molecule has 1 aliphatic rings. The minimum absolute atomic E-state index is 0.278. The first kappa shape index (κ1) is 9.96. The van der Waals surface area contributed by atoms with E-state index in [9.17, 15) is 5.11 Å². The molecule has 0 aromatic heterocycles. The van der Waals surface area contributed by atoms with Crippen molar-refractivity contribution in [3.05, 3.63) is 0 Å². The molecule has 1 saturated carbocycles. The summed E-state index contributed by atoms with van der Waals surface area (Å²) < 4.78 is 5.41. The van der Waals surface area contributed by atoms with Gasteiger partial charge >= 0.3 is 0 Å². The zero-order valence-corrected chi connectivity index (χ0v) is 7.75. The topological polar surface area (TPSA) is 55.5 Å². The minimum Gasteiger partial charge on any atom is -0.390 e. The van der Waals surface area contributed by atoms with Crippen molar-refractivity contribution in [1.82, 2.24) is 0 Å². The lowest BCUT2D eigenvalue weighted by molar-refractivity contribution is -0.0993. The Kier molecular flexibility index (Phi) is 3.50. The first-order chi connectivity index (χ1) is 5.75. The molecule has 1 aliphatic carbocycles. The molecule has 0 saturated heterocycles. The van der Waals surface area contributed by atoms with E-state index < -0.39 is 0 Å². The molecule has 0 aromatic carbocycles. The van der Waals surface area contributed by atoms with Crippen LogP contribution in [0, 0.1) is 0 Å². The quantitative estimate of drug-likeness (QED) is 0.656. The molecular formula is C9H19NO2. The van der Waals surface area contributed by atoms with Crippen LogP contribution in [-0.4, -0.2) is 30.5 Å². The van der Waals surface area contributed by atoms with E-state index in [1.807, 2.05) is 0 Å². The van der Waals surface area contributed by atoms with Crippen LogP contribution in [0.3, 0.4) is 0 Å². The van der Waals surface area contributed by atoms with Gasteiger partial charge < -0.3 is 15.6 Å². The molecule has 1 atom stereocenters. The smallest absolute Gasteiger partial charge is 0.0936 e. The first-order valence-corrected chi connectivity index (χ1v) is 4.68. The summed E-state index contributed by atoms with van der Waals surface area (Å²) in [6.07, 6.45) is 4.55. The van der Waals surface area contributed by atoms with Crippen molar-refractivity contribution in [2.24, 2.45) is 5.73 Å². The van der Waals surface area contributed by atoms with Gasteiger partial charge in [0.15, 0.2) is 0 Å². The lowest BCUT2D eigenvalue weighted by Gasteiger charge is -2.32. The third-order valence-corrected chi connectivity index (χ3v) is 2.90. The van der Waals surface area contributed by atoms with Crippen LogP contribution in [-0.2, 0) is 4.74 Å². The molecule has 1 rings (SSSR count). The Morgan fingerprint density at radius 3 is 2.50 bits per heavy atom. The SMILES string of the molecule is COC1(C(O)CCN)CCCC1. The van der Waals surface area contributed by atoms with Gasteiger partial charge in [0.25, 0.3) is 0 Å². The molecule has 0 bridgehead atoms. The molecule has 1 unspecified atom stereocenters. The predicted molar refractivity (Wildman–Crippen MR) is 47.9 cm³/mol. The Bertz CT molecular complexity index is 132. The molecule has 3 N–H and O–H groups in total. The van der Waals surface area contributed by atoms with Crippen molar-refractivity contribution >= 4 is 0 Å². The van der Waals surface area contributed by atoms with E-state index >= 15 is 0 Å². The average Bonchev–Trinajstić information content (AvgIpc) is 2.54. The van der Waals surface area contributed by atoms with E-state index in [0.717, 1.165) is 25.7 Å². The maximum atomic E-state index is 9.79. The monoisotopic (exact) mass is 173 g/mol. The van der Waals surface area contributed by atoms with Crippen molar-refractivity contribution in [2.45, 2.75) is 43.8 Å². The summed E-state index contributed by atoms with van der Waals surface area (Å²) in [7, 11) is 1.69. The highest BCUT2D eigenvalue weighted by atomic mass is 16.5. The fourth-order valence-electron chi connectivity index (χ4n) is 2.07. The van der Waals surface area contributed by atoms with Crippen molar-refractivity contribution in [3.63, 3.8) is 0 Å². The van der Waals surface area contributed by atoms with Gasteiger partial charge in [0.2, 0.25) is 0 Å². The summed E-state index contributed by atoms with van der Waals surface area (Å²) in [5, 5.41) is 9.79. The molecule has 3 nitrogen and oxygen atoms in total. The fraction of sp³-hybridized carbons (Fsp3) is 1.00. The van der Waals surface area contributed by atoms with E-state index in [2.05, 4.69) is 0 Å². The number of methoxy groups -OCH3 is 1. The van der Waals surface area contributed by atoms with Gasteiger partial charge in [-0.15, -0.1) is 0 Å². The predicted octanol–water partition coefficient (Wildman–Crippen LogP) is 0.655. The number of hydrogen-bond donors (Lipinski definition) is 2. The van der Waals surface area contributed by atoms with Crippen LogP contribution < -0.4 is 5.73 Å². The van der Waals surface area contributed by atoms with Gasteiger partial charge in [-0.3, -0.25) is 0 Å². The van der Waals surface area contributed by atoms with Crippen molar-refractivity contribution in [1.29, 1.82) is 0 Å². The van der Waals surface area contributed by atoms with E-state index in [0.29, 0.717) is 13.0 Å². The Labute approximate surface area is 73.9 Å². The summed E-state index contributed by atoms with van der Waals surface area (Å²) in [6.45, 7) is 0.534. The molecule has 72 valence electrons. The van der Waals surface area contributed by atoms with Crippen molar-refractivity contribution in [2.75, 3.05) is 13.7 Å². The van der Waals surface area contributed by atoms with Crippen LogP contribution in [0.15, 0.2) is 0 Å². The Morgan fingerprint density at radius 1 is 1.50 bits per heavy atom. The summed E-state index contributed by atoms with van der Waals surface area (Å²) in [5.41, 5.74) is 5.12. The zero-order chi connectivity index (χ0) is 9.03. The van der Waals surface area contributed by atoms with E-state index in [1.54, 1.807) is 7.11 Å². The highest BCUT2D eigenvalue weighted by Crippen LogP contribution is 2.36. The van der Waals surface area contributed by atoms with Crippen LogP contribution >= 0.6 is 0 Å². The lowest BCUT2D eigenvalue weighted by Crippen LogP contribution is -2.42. The van der Waals surface area contributed by atoms with Gasteiger partial charge in [0, 0.05) is 7.11 Å². The number of ether oxygens (including phenoxy) is 1. The molecule has 0 aromatic rings. The first-order valence-electron chi connectivity index (χ1n) is 4.68. The number of aliphatic hydroxyl groups is 1. The van der Waals surface area contributed by atoms with Crippen LogP contribution in [0.2, 0.25) is 0 Å². The second kappa shape index (κ2) is 4.21. The van der Waals surface area contributed by atoms with Gasteiger partial charge in [-0.2, -0.15) is 0 Å². The van der Waals surface area contributed by atoms with Gasteiger partial charge in [0.05, 0.1) is 11.7 Å². The second-order valence-corrected chi connectivity index (χ2v) is 3.57. The maximum Gasteiger partial charge on any atom is 0.0936 e. The Morgan fingerprint density at radius 2 is 2.08 bits per heavy atom. The lowest BCUT2D eigenvalue weighted by atomic mass is 9.92. The van der Waals surface area contributed by atoms with Crippen LogP contribution in [0.25, 0.3) is 0 Å². The largest absolute Gasteiger partial charge is 0.390 e. The highest BCUT2D eigenvalue weighted by Gasteiger charge is 2.40. The number of aliphatic hydroxyl groups excluding tert-OH is 1.